The van der Waals surface area contributed by atoms with Crippen LogP contribution in [0.1, 0.15) is 52.9 Å². The number of carbonyl (C=O) groups is 1. The fourth-order valence-corrected chi connectivity index (χ4v) is 3.76. The van der Waals surface area contributed by atoms with E-state index in [1.165, 1.54) is 12.8 Å². The number of hydrogen-bond acceptors (Lipinski definition) is 2. The van der Waals surface area contributed by atoms with Crippen molar-refractivity contribution in [3.63, 3.8) is 0 Å². The lowest BCUT2D eigenvalue weighted by molar-refractivity contribution is -0.143. The van der Waals surface area contributed by atoms with Crippen molar-refractivity contribution < 1.29 is 9.90 Å². The zero-order chi connectivity index (χ0) is 13.3. The fourth-order valence-electron chi connectivity index (χ4n) is 3.76. The highest BCUT2D eigenvalue weighted by Crippen LogP contribution is 2.37. The van der Waals surface area contributed by atoms with E-state index in [1.807, 2.05) is 0 Å². The summed E-state index contributed by atoms with van der Waals surface area (Å²) in [5.41, 5.74) is 0.397. The number of hydrogen-bond donors (Lipinski definition) is 1. The summed E-state index contributed by atoms with van der Waals surface area (Å²) in [7, 11) is 0. The Balaban J connectivity index is 1.91. The lowest BCUT2D eigenvalue weighted by Crippen LogP contribution is -2.46. The lowest BCUT2D eigenvalue weighted by Gasteiger charge is -2.42. The molecule has 0 spiro atoms. The van der Waals surface area contributed by atoms with Gasteiger partial charge in [0.1, 0.15) is 0 Å². The van der Waals surface area contributed by atoms with Gasteiger partial charge in [-0.3, -0.25) is 9.69 Å². The molecule has 2 fully saturated rings. The molecule has 1 aliphatic carbocycles. The van der Waals surface area contributed by atoms with Crippen molar-refractivity contribution in [1.29, 1.82) is 0 Å². The number of rotatable bonds is 2. The summed E-state index contributed by atoms with van der Waals surface area (Å²) in [5, 5.41) is 9.27. The maximum Gasteiger partial charge on any atom is 0.308 e. The molecule has 3 heteroatoms. The molecule has 1 heterocycles. The molecule has 2 aliphatic rings. The van der Waals surface area contributed by atoms with Crippen LogP contribution in [0.4, 0.5) is 0 Å². The van der Waals surface area contributed by atoms with Crippen molar-refractivity contribution in [3.8, 4) is 0 Å². The molecule has 1 saturated heterocycles. The molecule has 1 N–H and O–H groups in total. The molecule has 1 saturated carbocycles. The average Bonchev–Trinajstić information content (AvgIpc) is 2.77. The molecule has 104 valence electrons. The van der Waals surface area contributed by atoms with Crippen LogP contribution in [-0.4, -0.2) is 35.1 Å². The molecule has 3 nitrogen and oxygen atoms in total. The van der Waals surface area contributed by atoms with Gasteiger partial charge in [0, 0.05) is 6.04 Å². The van der Waals surface area contributed by atoms with Crippen molar-refractivity contribution in [2.45, 2.75) is 58.9 Å². The van der Waals surface area contributed by atoms with Crippen LogP contribution in [-0.2, 0) is 4.79 Å². The SMILES string of the molecule is CC(C)(C)C1CCN(C2CCCC2C(=O)O)CC1. The second-order valence-electron chi connectivity index (χ2n) is 7.12. The van der Waals surface area contributed by atoms with Crippen LogP contribution in [0.5, 0.6) is 0 Å². The van der Waals surface area contributed by atoms with E-state index < -0.39 is 5.97 Å². The van der Waals surface area contributed by atoms with Gasteiger partial charge in [0.2, 0.25) is 0 Å². The molecule has 1 aliphatic heterocycles. The number of carboxylic acid groups (broad SMARTS) is 1. The first kappa shape index (κ1) is 13.9. The first-order chi connectivity index (χ1) is 8.39. The summed E-state index contributed by atoms with van der Waals surface area (Å²) in [6.07, 6.45) is 5.50. The van der Waals surface area contributed by atoms with Crippen LogP contribution >= 0.6 is 0 Å². The zero-order valence-electron chi connectivity index (χ0n) is 12.0. The Morgan fingerprint density at radius 3 is 2.22 bits per heavy atom. The summed E-state index contributed by atoms with van der Waals surface area (Å²) >= 11 is 0. The highest BCUT2D eigenvalue weighted by atomic mass is 16.4. The minimum absolute atomic E-state index is 0.115. The smallest absolute Gasteiger partial charge is 0.308 e. The van der Waals surface area contributed by atoms with Gasteiger partial charge in [0.05, 0.1) is 5.92 Å². The van der Waals surface area contributed by atoms with E-state index in [-0.39, 0.29) is 5.92 Å². The Morgan fingerprint density at radius 1 is 1.11 bits per heavy atom. The molecule has 18 heavy (non-hydrogen) atoms. The third-order valence-electron chi connectivity index (χ3n) is 5.02. The van der Waals surface area contributed by atoms with Crippen molar-refractivity contribution in [2.24, 2.45) is 17.3 Å². The largest absolute Gasteiger partial charge is 0.481 e. The van der Waals surface area contributed by atoms with Crippen LogP contribution < -0.4 is 0 Å². The predicted octanol–water partition coefficient (Wildman–Crippen LogP) is 3.00. The van der Waals surface area contributed by atoms with Crippen LogP contribution in [0.3, 0.4) is 0 Å². The topological polar surface area (TPSA) is 40.5 Å². The Kier molecular flexibility index (Phi) is 4.00. The maximum absolute atomic E-state index is 11.3. The van der Waals surface area contributed by atoms with E-state index in [9.17, 15) is 9.90 Å². The van der Waals surface area contributed by atoms with Gasteiger partial charge < -0.3 is 5.11 Å². The Bertz CT molecular complexity index is 300. The molecular formula is C15H27NO2. The van der Waals surface area contributed by atoms with Gasteiger partial charge in [-0.1, -0.05) is 27.2 Å². The average molecular weight is 253 g/mol. The van der Waals surface area contributed by atoms with Crippen LogP contribution in [0, 0.1) is 17.3 Å². The fraction of sp³-hybridized carbons (Fsp3) is 0.933. The monoisotopic (exact) mass is 253 g/mol. The molecule has 0 aromatic heterocycles. The maximum atomic E-state index is 11.3. The quantitative estimate of drug-likeness (QED) is 0.822. The summed E-state index contributed by atoms with van der Waals surface area (Å²) in [4.78, 5) is 13.7. The summed E-state index contributed by atoms with van der Waals surface area (Å²) < 4.78 is 0. The second-order valence-corrected chi connectivity index (χ2v) is 7.12. The molecule has 2 atom stereocenters. The van der Waals surface area contributed by atoms with Gasteiger partial charge in [-0.05, 0) is 50.1 Å². The molecule has 2 unspecified atom stereocenters. The third-order valence-corrected chi connectivity index (χ3v) is 5.02. The third kappa shape index (κ3) is 2.87. The van der Waals surface area contributed by atoms with E-state index in [0.717, 1.165) is 38.3 Å². The highest BCUT2D eigenvalue weighted by Gasteiger charge is 2.39. The molecule has 0 bridgehead atoms. The van der Waals surface area contributed by atoms with Gasteiger partial charge in [0.25, 0.3) is 0 Å². The first-order valence-corrected chi connectivity index (χ1v) is 7.36. The van der Waals surface area contributed by atoms with E-state index >= 15 is 0 Å². The van der Waals surface area contributed by atoms with Crippen molar-refractivity contribution in [1.82, 2.24) is 4.90 Å². The molecule has 0 radical (unpaired) electrons. The van der Waals surface area contributed by atoms with E-state index in [1.54, 1.807) is 0 Å². The molecule has 0 aromatic carbocycles. The van der Waals surface area contributed by atoms with Gasteiger partial charge in [-0.25, -0.2) is 0 Å². The minimum atomic E-state index is -0.588. The Morgan fingerprint density at radius 2 is 1.72 bits per heavy atom. The van der Waals surface area contributed by atoms with Crippen molar-refractivity contribution >= 4 is 5.97 Å². The number of nitrogens with zero attached hydrogens (tertiary/aromatic N) is 1. The number of piperidine rings is 1. The standard InChI is InChI=1S/C15H27NO2/c1-15(2,3)11-7-9-16(10-8-11)13-6-4-5-12(13)14(17)18/h11-13H,4-10H2,1-3H3,(H,17,18). The number of aliphatic carboxylic acids is 1. The summed E-state index contributed by atoms with van der Waals surface area (Å²) in [6.45, 7) is 9.15. The Hall–Kier alpha value is -0.570. The van der Waals surface area contributed by atoms with Gasteiger partial charge in [0.15, 0.2) is 0 Å². The van der Waals surface area contributed by atoms with Gasteiger partial charge in [-0.2, -0.15) is 0 Å². The number of likely N-dealkylation sites (tertiary alicyclic amines) is 1. The lowest BCUT2D eigenvalue weighted by atomic mass is 9.75. The Labute approximate surface area is 111 Å². The molecular weight excluding hydrogens is 226 g/mol. The second kappa shape index (κ2) is 5.20. The van der Waals surface area contributed by atoms with Gasteiger partial charge >= 0.3 is 5.97 Å². The van der Waals surface area contributed by atoms with E-state index in [0.29, 0.717) is 11.5 Å². The molecule has 0 amide bonds. The molecule has 2 rings (SSSR count). The van der Waals surface area contributed by atoms with Gasteiger partial charge in [-0.15, -0.1) is 0 Å². The summed E-state index contributed by atoms with van der Waals surface area (Å²) in [6, 6.07) is 0.309. The highest BCUT2D eigenvalue weighted by molar-refractivity contribution is 5.71. The van der Waals surface area contributed by atoms with E-state index in [4.69, 9.17) is 0 Å². The van der Waals surface area contributed by atoms with Crippen LogP contribution in [0.2, 0.25) is 0 Å². The van der Waals surface area contributed by atoms with Crippen molar-refractivity contribution in [3.05, 3.63) is 0 Å². The predicted molar refractivity (Wildman–Crippen MR) is 72.5 cm³/mol. The van der Waals surface area contributed by atoms with Crippen LogP contribution in [0.25, 0.3) is 0 Å². The van der Waals surface area contributed by atoms with Crippen LogP contribution in [0.15, 0.2) is 0 Å². The first-order valence-electron chi connectivity index (χ1n) is 7.36. The zero-order valence-corrected chi connectivity index (χ0v) is 12.0. The minimum Gasteiger partial charge on any atom is -0.481 e. The molecule has 0 aromatic rings. The summed E-state index contributed by atoms with van der Waals surface area (Å²) in [5.74, 6) is 0.0880. The number of carboxylic acids is 1. The normalized spacial score (nSPS) is 31.7. The van der Waals surface area contributed by atoms with Crippen molar-refractivity contribution in [2.75, 3.05) is 13.1 Å². The van der Waals surface area contributed by atoms with E-state index in [2.05, 4.69) is 25.7 Å².